The SMILES string of the molecule is Cc1ncsc1-c1ccc(CNC(=O)C2CC(O)CN2C(=O)C(NC(=O)CCCCCCCOCCCl)C(C)(C)C)cc1. The quantitative estimate of drug-likeness (QED) is 0.180. The molecule has 0 aliphatic carbocycles. The summed E-state index contributed by atoms with van der Waals surface area (Å²) in [6.07, 6.45) is 4.35. The van der Waals surface area contributed by atoms with Gasteiger partial charge < -0.3 is 25.4 Å². The summed E-state index contributed by atoms with van der Waals surface area (Å²) in [5, 5.41) is 16.3. The Hall–Kier alpha value is -2.53. The number of hydrogen-bond acceptors (Lipinski definition) is 7. The van der Waals surface area contributed by atoms with E-state index in [1.54, 1.807) is 11.3 Å². The Balaban J connectivity index is 1.52. The number of amides is 3. The summed E-state index contributed by atoms with van der Waals surface area (Å²) in [6, 6.07) is 6.31. The number of nitrogens with one attached hydrogen (secondary N) is 2. The van der Waals surface area contributed by atoms with Crippen molar-refractivity contribution in [3.8, 4) is 10.4 Å². The predicted octanol–water partition coefficient (Wildman–Crippen LogP) is 4.82. The Labute approximate surface area is 264 Å². The average molecular weight is 635 g/mol. The molecule has 0 spiro atoms. The van der Waals surface area contributed by atoms with Crippen LogP contribution in [-0.2, 0) is 25.7 Å². The van der Waals surface area contributed by atoms with Gasteiger partial charge in [0.05, 0.1) is 28.8 Å². The molecule has 3 atom stereocenters. The predicted molar refractivity (Wildman–Crippen MR) is 171 cm³/mol. The van der Waals surface area contributed by atoms with E-state index in [4.69, 9.17) is 16.3 Å². The van der Waals surface area contributed by atoms with Gasteiger partial charge in [-0.2, -0.15) is 0 Å². The van der Waals surface area contributed by atoms with Gasteiger partial charge in [-0.3, -0.25) is 14.4 Å². The minimum Gasteiger partial charge on any atom is -0.391 e. The largest absolute Gasteiger partial charge is 0.391 e. The van der Waals surface area contributed by atoms with Gasteiger partial charge in [-0.1, -0.05) is 64.3 Å². The number of ether oxygens (including phenoxy) is 1. The fraction of sp³-hybridized carbons (Fsp3) is 0.625. The number of carbonyl (C=O) groups excluding carboxylic acids is 3. The smallest absolute Gasteiger partial charge is 0.246 e. The van der Waals surface area contributed by atoms with Crippen molar-refractivity contribution in [1.82, 2.24) is 20.5 Å². The van der Waals surface area contributed by atoms with E-state index in [9.17, 15) is 19.5 Å². The molecule has 1 fully saturated rings. The molecule has 1 aliphatic heterocycles. The molecule has 3 N–H and O–H groups in total. The second-order valence-electron chi connectivity index (χ2n) is 12.3. The lowest BCUT2D eigenvalue weighted by Crippen LogP contribution is -2.57. The number of halogens is 1. The Morgan fingerprint density at radius 2 is 1.81 bits per heavy atom. The van der Waals surface area contributed by atoms with Crippen molar-refractivity contribution in [2.75, 3.05) is 25.6 Å². The molecule has 1 saturated heterocycles. The summed E-state index contributed by atoms with van der Waals surface area (Å²) < 4.78 is 5.37. The Morgan fingerprint density at radius 3 is 2.47 bits per heavy atom. The highest BCUT2D eigenvalue weighted by Gasteiger charge is 2.44. The molecule has 0 bridgehead atoms. The van der Waals surface area contributed by atoms with E-state index < -0.39 is 23.6 Å². The van der Waals surface area contributed by atoms with Crippen LogP contribution in [0.25, 0.3) is 10.4 Å². The summed E-state index contributed by atoms with van der Waals surface area (Å²) in [4.78, 5) is 46.7. The number of aryl methyl sites for hydroxylation is 1. The monoisotopic (exact) mass is 634 g/mol. The molecule has 2 heterocycles. The van der Waals surface area contributed by atoms with Gasteiger partial charge >= 0.3 is 0 Å². The number of β-amino-alcohol motifs (C(OH)–C–C–N with tert-alkyl or cyclic N) is 1. The molecule has 1 aliphatic rings. The van der Waals surface area contributed by atoms with Crippen LogP contribution in [0.2, 0.25) is 0 Å². The van der Waals surface area contributed by atoms with E-state index in [1.165, 1.54) is 4.90 Å². The summed E-state index contributed by atoms with van der Waals surface area (Å²) in [6.45, 7) is 9.27. The minimum atomic E-state index is -0.817. The number of hydrogen-bond donors (Lipinski definition) is 3. The fourth-order valence-electron chi connectivity index (χ4n) is 5.19. The number of aromatic nitrogens is 1. The molecule has 3 unspecified atom stereocenters. The number of likely N-dealkylation sites (tertiary alicyclic amines) is 1. The molecule has 43 heavy (non-hydrogen) atoms. The van der Waals surface area contributed by atoms with Crippen LogP contribution in [0.15, 0.2) is 29.8 Å². The van der Waals surface area contributed by atoms with E-state index in [0.29, 0.717) is 32.1 Å². The molecule has 3 amide bonds. The molecule has 3 rings (SSSR count). The first kappa shape index (κ1) is 35.0. The average Bonchev–Trinajstić information content (AvgIpc) is 3.58. The second-order valence-corrected chi connectivity index (χ2v) is 13.5. The molecular weight excluding hydrogens is 588 g/mol. The zero-order valence-electron chi connectivity index (χ0n) is 25.9. The topological polar surface area (TPSA) is 121 Å². The number of benzene rings is 1. The third kappa shape index (κ3) is 10.8. The molecule has 1 aromatic carbocycles. The maximum atomic E-state index is 13.8. The number of rotatable bonds is 16. The van der Waals surface area contributed by atoms with E-state index in [1.807, 2.05) is 57.5 Å². The summed E-state index contributed by atoms with van der Waals surface area (Å²) in [7, 11) is 0. The third-order valence-electron chi connectivity index (χ3n) is 7.63. The maximum absolute atomic E-state index is 13.8. The standard InChI is InChI=1S/C32H47ClN4O5S/c1-22-28(43-21-35-22)24-13-11-23(12-14-24)19-34-30(40)26-18-25(38)20-37(26)31(41)29(32(2,3)4)36-27(39)10-8-6-5-7-9-16-42-17-15-33/h11-14,21,25-26,29,38H,5-10,15-20H2,1-4H3,(H,34,40)(H,36,39). The second kappa shape index (κ2) is 17.1. The minimum absolute atomic E-state index is 0.0525. The van der Waals surface area contributed by atoms with Gasteiger partial charge in [-0.05, 0) is 36.3 Å². The van der Waals surface area contributed by atoms with Crippen molar-refractivity contribution < 1.29 is 24.2 Å². The van der Waals surface area contributed by atoms with Crippen LogP contribution in [0, 0.1) is 12.3 Å². The van der Waals surface area contributed by atoms with Crippen molar-refractivity contribution in [2.45, 2.75) is 97.4 Å². The first-order valence-electron chi connectivity index (χ1n) is 15.2. The van der Waals surface area contributed by atoms with Crippen LogP contribution in [0.1, 0.15) is 77.0 Å². The lowest BCUT2D eigenvalue weighted by atomic mass is 9.85. The summed E-state index contributed by atoms with van der Waals surface area (Å²) in [5.41, 5.74) is 4.22. The first-order valence-corrected chi connectivity index (χ1v) is 16.6. The van der Waals surface area contributed by atoms with Gasteiger partial charge in [-0.25, -0.2) is 4.98 Å². The van der Waals surface area contributed by atoms with E-state index >= 15 is 0 Å². The number of nitrogens with zero attached hydrogens (tertiary/aromatic N) is 2. The van der Waals surface area contributed by atoms with Crippen LogP contribution >= 0.6 is 22.9 Å². The first-order chi connectivity index (χ1) is 20.5. The van der Waals surface area contributed by atoms with Gasteiger partial charge in [0, 0.05) is 38.4 Å². The lowest BCUT2D eigenvalue weighted by molar-refractivity contribution is -0.144. The van der Waals surface area contributed by atoms with Crippen molar-refractivity contribution in [2.24, 2.45) is 5.41 Å². The fourth-order valence-corrected chi connectivity index (χ4v) is 6.11. The van der Waals surface area contributed by atoms with Crippen LogP contribution < -0.4 is 10.6 Å². The Morgan fingerprint density at radius 1 is 1.12 bits per heavy atom. The zero-order chi connectivity index (χ0) is 31.4. The van der Waals surface area contributed by atoms with Gasteiger partial charge in [0.15, 0.2) is 0 Å². The van der Waals surface area contributed by atoms with Crippen molar-refractivity contribution in [3.63, 3.8) is 0 Å². The van der Waals surface area contributed by atoms with E-state index in [2.05, 4.69) is 15.6 Å². The molecule has 0 radical (unpaired) electrons. The number of thiazole rings is 1. The van der Waals surface area contributed by atoms with E-state index in [0.717, 1.165) is 53.8 Å². The molecule has 0 saturated carbocycles. The Bertz CT molecular complexity index is 1180. The van der Waals surface area contributed by atoms with Crippen LogP contribution in [0.3, 0.4) is 0 Å². The van der Waals surface area contributed by atoms with Gasteiger partial charge in [0.2, 0.25) is 17.7 Å². The highest BCUT2D eigenvalue weighted by atomic mass is 35.5. The van der Waals surface area contributed by atoms with Gasteiger partial charge in [0.1, 0.15) is 12.1 Å². The van der Waals surface area contributed by atoms with Crippen LogP contribution in [0.4, 0.5) is 0 Å². The molecule has 2 aromatic rings. The third-order valence-corrected chi connectivity index (χ3v) is 8.76. The highest BCUT2D eigenvalue weighted by molar-refractivity contribution is 7.13. The van der Waals surface area contributed by atoms with Crippen LogP contribution in [-0.4, -0.2) is 76.5 Å². The molecule has 9 nitrogen and oxygen atoms in total. The lowest BCUT2D eigenvalue weighted by Gasteiger charge is -2.35. The molecule has 11 heteroatoms. The van der Waals surface area contributed by atoms with Crippen molar-refractivity contribution >= 4 is 40.7 Å². The number of aliphatic hydroxyl groups is 1. The number of alkyl halides is 1. The maximum Gasteiger partial charge on any atom is 0.246 e. The summed E-state index contributed by atoms with van der Waals surface area (Å²) in [5.74, 6) is -0.349. The van der Waals surface area contributed by atoms with E-state index in [-0.39, 0.29) is 30.7 Å². The number of unbranched alkanes of at least 4 members (excludes halogenated alkanes) is 4. The van der Waals surface area contributed by atoms with Crippen molar-refractivity contribution in [3.05, 3.63) is 41.0 Å². The van der Waals surface area contributed by atoms with Crippen molar-refractivity contribution in [1.29, 1.82) is 0 Å². The van der Waals surface area contributed by atoms with Crippen LogP contribution in [0.5, 0.6) is 0 Å². The normalized spacial score (nSPS) is 17.6. The molecule has 1 aromatic heterocycles. The zero-order valence-corrected chi connectivity index (χ0v) is 27.4. The van der Waals surface area contributed by atoms with Gasteiger partial charge in [0.25, 0.3) is 0 Å². The Kier molecular flexibility index (Phi) is 13.9. The number of aliphatic hydroxyl groups excluding tert-OH is 1. The molecule has 238 valence electrons. The molecular formula is C32H47ClN4O5S. The number of carbonyl (C=O) groups is 3. The summed E-state index contributed by atoms with van der Waals surface area (Å²) >= 11 is 7.19. The highest BCUT2D eigenvalue weighted by Crippen LogP contribution is 2.28. The van der Waals surface area contributed by atoms with Gasteiger partial charge in [-0.15, -0.1) is 22.9 Å².